The highest BCUT2D eigenvalue weighted by atomic mass is 32.1. The fourth-order valence-corrected chi connectivity index (χ4v) is 3.38. The smallest absolute Gasteiger partial charge is 0.345 e. The summed E-state index contributed by atoms with van der Waals surface area (Å²) in [5.74, 6) is -0.685. The summed E-state index contributed by atoms with van der Waals surface area (Å²) in [6.45, 7) is 1.69. The zero-order chi connectivity index (χ0) is 16.4. The lowest BCUT2D eigenvalue weighted by Gasteiger charge is -2.06. The van der Waals surface area contributed by atoms with Crippen LogP contribution in [0.5, 0.6) is 0 Å². The number of nitro groups is 1. The fraction of sp³-hybridized carbons (Fsp3) is 0.118. The van der Waals surface area contributed by atoms with Crippen molar-refractivity contribution in [3.05, 3.63) is 74.6 Å². The number of fused-ring (bicyclic) bond motifs is 1. The Morgan fingerprint density at radius 2 is 2.00 bits per heavy atom. The highest BCUT2D eigenvalue weighted by molar-refractivity contribution is 7.17. The summed E-state index contributed by atoms with van der Waals surface area (Å²) in [6, 6.07) is 12.5. The Bertz CT molecular complexity index is 900. The van der Waals surface area contributed by atoms with Gasteiger partial charge in [0.25, 0.3) is 5.69 Å². The summed E-state index contributed by atoms with van der Waals surface area (Å²) in [4.78, 5) is 22.8. The summed E-state index contributed by atoms with van der Waals surface area (Å²) >= 11 is 1.57. The number of carbonyl (C=O) groups excluding carboxylic acids is 1. The van der Waals surface area contributed by atoms with E-state index in [1.54, 1.807) is 30.4 Å². The molecule has 0 unspecified atom stereocenters. The molecule has 2 aromatic carbocycles. The zero-order valence-electron chi connectivity index (χ0n) is 12.3. The van der Waals surface area contributed by atoms with Crippen LogP contribution >= 0.6 is 11.3 Å². The number of nitro benzene ring substituents is 1. The molecular formula is C17H13NO4S. The SMILES string of the molecule is Cc1cccc(C(=O)OCc2csc3ccccc23)c1[N+](=O)[O-]. The molecule has 0 amide bonds. The van der Waals surface area contributed by atoms with Crippen molar-refractivity contribution in [2.45, 2.75) is 13.5 Å². The van der Waals surface area contributed by atoms with Gasteiger partial charge in [-0.05, 0) is 29.8 Å². The van der Waals surface area contributed by atoms with Crippen molar-refractivity contribution in [1.82, 2.24) is 0 Å². The third kappa shape index (κ3) is 2.93. The highest BCUT2D eigenvalue weighted by Gasteiger charge is 2.23. The number of rotatable bonds is 4. The van der Waals surface area contributed by atoms with Crippen molar-refractivity contribution in [3.63, 3.8) is 0 Å². The summed E-state index contributed by atoms with van der Waals surface area (Å²) in [6.07, 6.45) is 0. The van der Waals surface area contributed by atoms with Crippen LogP contribution in [0.1, 0.15) is 21.5 Å². The molecule has 0 aliphatic rings. The predicted octanol–water partition coefficient (Wildman–Crippen LogP) is 4.47. The first-order valence-corrected chi connectivity index (χ1v) is 7.82. The predicted molar refractivity (Wildman–Crippen MR) is 88.8 cm³/mol. The normalized spacial score (nSPS) is 10.7. The topological polar surface area (TPSA) is 69.4 Å². The van der Waals surface area contributed by atoms with Crippen molar-refractivity contribution >= 4 is 33.1 Å². The number of benzene rings is 2. The van der Waals surface area contributed by atoms with Crippen LogP contribution in [0.3, 0.4) is 0 Å². The van der Waals surface area contributed by atoms with Gasteiger partial charge in [-0.15, -0.1) is 11.3 Å². The van der Waals surface area contributed by atoms with Crippen LogP contribution in [-0.2, 0) is 11.3 Å². The number of ether oxygens (including phenoxy) is 1. The third-order valence-corrected chi connectivity index (χ3v) is 4.57. The second-order valence-corrected chi connectivity index (χ2v) is 5.97. The maximum Gasteiger partial charge on any atom is 0.345 e. The van der Waals surface area contributed by atoms with Crippen LogP contribution in [0.15, 0.2) is 47.8 Å². The molecule has 0 radical (unpaired) electrons. The Balaban J connectivity index is 1.83. The van der Waals surface area contributed by atoms with E-state index in [-0.39, 0.29) is 17.9 Å². The van der Waals surface area contributed by atoms with Gasteiger partial charge < -0.3 is 4.74 Å². The van der Waals surface area contributed by atoms with E-state index < -0.39 is 10.9 Å². The molecule has 0 atom stereocenters. The Morgan fingerprint density at radius 1 is 1.22 bits per heavy atom. The van der Waals surface area contributed by atoms with Gasteiger partial charge >= 0.3 is 5.97 Å². The molecule has 1 aromatic heterocycles. The first-order chi connectivity index (χ1) is 11.1. The first kappa shape index (κ1) is 15.2. The van der Waals surface area contributed by atoms with E-state index in [2.05, 4.69) is 0 Å². The zero-order valence-corrected chi connectivity index (χ0v) is 13.1. The molecule has 3 rings (SSSR count). The summed E-state index contributed by atoms with van der Waals surface area (Å²) in [5.41, 5.74) is 1.11. The van der Waals surface area contributed by atoms with Crippen molar-refractivity contribution < 1.29 is 14.5 Å². The van der Waals surface area contributed by atoms with Crippen LogP contribution in [-0.4, -0.2) is 10.9 Å². The third-order valence-electron chi connectivity index (χ3n) is 3.56. The van der Waals surface area contributed by atoms with Crippen molar-refractivity contribution in [3.8, 4) is 0 Å². The monoisotopic (exact) mass is 327 g/mol. The molecule has 0 saturated heterocycles. The minimum atomic E-state index is -0.685. The lowest BCUT2D eigenvalue weighted by Crippen LogP contribution is -2.09. The second kappa shape index (κ2) is 6.18. The molecule has 3 aromatic rings. The van der Waals surface area contributed by atoms with E-state index in [4.69, 9.17) is 4.74 Å². The van der Waals surface area contributed by atoms with Crippen LogP contribution < -0.4 is 0 Å². The first-order valence-electron chi connectivity index (χ1n) is 6.94. The molecule has 0 spiro atoms. The van der Waals surface area contributed by atoms with Crippen molar-refractivity contribution in [1.29, 1.82) is 0 Å². The summed E-state index contributed by atoms with van der Waals surface area (Å²) in [5, 5.41) is 14.1. The lowest BCUT2D eigenvalue weighted by molar-refractivity contribution is -0.385. The van der Waals surface area contributed by atoms with Gasteiger partial charge in [0.05, 0.1) is 4.92 Å². The van der Waals surface area contributed by atoms with Gasteiger partial charge in [-0.1, -0.05) is 30.3 Å². The van der Waals surface area contributed by atoms with Gasteiger partial charge in [-0.3, -0.25) is 10.1 Å². The number of esters is 1. The maximum atomic E-state index is 12.2. The number of thiophene rings is 1. The van der Waals surface area contributed by atoms with Gasteiger partial charge in [-0.25, -0.2) is 4.79 Å². The van der Waals surface area contributed by atoms with Crippen molar-refractivity contribution in [2.24, 2.45) is 0 Å². The lowest BCUT2D eigenvalue weighted by atomic mass is 10.1. The Labute approximate surface area is 136 Å². The summed E-state index contributed by atoms with van der Waals surface area (Å²) in [7, 11) is 0. The van der Waals surface area contributed by atoms with Crippen molar-refractivity contribution in [2.75, 3.05) is 0 Å². The number of para-hydroxylation sites is 1. The van der Waals surface area contributed by atoms with Crippen LogP contribution in [0, 0.1) is 17.0 Å². The number of carbonyl (C=O) groups is 1. The van der Waals surface area contributed by atoms with Gasteiger partial charge in [0.1, 0.15) is 12.2 Å². The minimum absolute atomic E-state index is 0.0189. The Hall–Kier alpha value is -2.73. The fourth-order valence-electron chi connectivity index (χ4n) is 2.43. The quantitative estimate of drug-likeness (QED) is 0.402. The molecular weight excluding hydrogens is 314 g/mol. The standard InChI is InChI=1S/C17H13NO4S/c1-11-5-4-7-14(16(11)18(20)21)17(19)22-9-12-10-23-15-8-3-2-6-13(12)15/h2-8,10H,9H2,1H3. The van der Waals surface area contributed by atoms with E-state index in [0.717, 1.165) is 15.6 Å². The Morgan fingerprint density at radius 3 is 2.78 bits per heavy atom. The number of aryl methyl sites for hydroxylation is 1. The molecule has 0 saturated carbocycles. The number of hydrogen-bond donors (Lipinski definition) is 0. The second-order valence-electron chi connectivity index (χ2n) is 5.06. The highest BCUT2D eigenvalue weighted by Crippen LogP contribution is 2.27. The number of hydrogen-bond acceptors (Lipinski definition) is 5. The average molecular weight is 327 g/mol. The van der Waals surface area contributed by atoms with Crippen LogP contribution in [0.25, 0.3) is 10.1 Å². The van der Waals surface area contributed by atoms with E-state index in [9.17, 15) is 14.9 Å². The van der Waals surface area contributed by atoms with Gasteiger partial charge in [0.2, 0.25) is 0 Å². The van der Waals surface area contributed by atoms with Gasteiger partial charge in [-0.2, -0.15) is 0 Å². The van der Waals surface area contributed by atoms with E-state index >= 15 is 0 Å². The molecule has 6 heteroatoms. The van der Waals surface area contributed by atoms with Gasteiger partial charge in [0.15, 0.2) is 0 Å². The molecule has 0 N–H and O–H groups in total. The average Bonchev–Trinajstić information content (AvgIpc) is 2.95. The van der Waals surface area contributed by atoms with E-state index in [1.165, 1.54) is 6.07 Å². The molecule has 0 fully saturated rings. The molecule has 1 heterocycles. The Kier molecular flexibility index (Phi) is 4.08. The largest absolute Gasteiger partial charge is 0.457 e. The van der Waals surface area contributed by atoms with Gasteiger partial charge in [0, 0.05) is 15.8 Å². The van der Waals surface area contributed by atoms with Crippen LogP contribution in [0.4, 0.5) is 5.69 Å². The van der Waals surface area contributed by atoms with Crippen LogP contribution in [0.2, 0.25) is 0 Å². The molecule has 0 aliphatic carbocycles. The molecule has 5 nitrogen and oxygen atoms in total. The maximum absolute atomic E-state index is 12.2. The number of nitrogens with zero attached hydrogens (tertiary/aromatic N) is 1. The molecule has 23 heavy (non-hydrogen) atoms. The van der Waals surface area contributed by atoms with E-state index in [1.807, 2.05) is 29.6 Å². The minimum Gasteiger partial charge on any atom is -0.457 e. The molecule has 116 valence electrons. The van der Waals surface area contributed by atoms with E-state index in [0.29, 0.717) is 5.56 Å². The summed E-state index contributed by atoms with van der Waals surface area (Å²) < 4.78 is 6.40. The molecule has 0 bridgehead atoms. The molecule has 0 aliphatic heterocycles.